The average molecular weight is 741 g/mol. The summed E-state index contributed by atoms with van der Waals surface area (Å²) in [5.41, 5.74) is -0.978. The molecular weight excluding hydrogens is 692 g/mol. The van der Waals surface area contributed by atoms with E-state index in [1.807, 2.05) is 0 Å². The third-order valence-corrected chi connectivity index (χ3v) is 10.2. The number of phenols is 3. The molecule has 15 heteroatoms. The molecule has 3 aliphatic rings. The number of fused-ring (bicyclic) bond motifs is 14. The average Bonchev–Trinajstić information content (AvgIpc) is 3.38. The first-order valence-corrected chi connectivity index (χ1v) is 17.1. The van der Waals surface area contributed by atoms with Crippen LogP contribution in [0.4, 0.5) is 5.69 Å². The summed E-state index contributed by atoms with van der Waals surface area (Å²) in [6.07, 6.45) is 4.01. The van der Waals surface area contributed by atoms with Crippen LogP contribution >= 0.6 is 0 Å². The van der Waals surface area contributed by atoms with E-state index in [1.165, 1.54) is 53.0 Å². The molecule has 53 heavy (non-hydrogen) atoms. The molecule has 0 aromatic heterocycles. The maximum absolute atomic E-state index is 14.1. The molecule has 0 saturated carbocycles. The second-order valence-electron chi connectivity index (χ2n) is 13.9. The Kier molecular flexibility index (Phi) is 12.2. The molecule has 0 aliphatic carbocycles. The number of hydrogen-bond donors (Lipinski definition) is 7. The van der Waals surface area contributed by atoms with Crippen LogP contribution in [0, 0.1) is 30.6 Å². The van der Waals surface area contributed by atoms with Gasteiger partial charge in [0.2, 0.25) is 0 Å². The highest BCUT2D eigenvalue weighted by atomic mass is 16.7. The van der Waals surface area contributed by atoms with Crippen molar-refractivity contribution in [3.8, 4) is 23.0 Å². The fourth-order valence-corrected chi connectivity index (χ4v) is 6.93. The van der Waals surface area contributed by atoms with Gasteiger partial charge in [0.25, 0.3) is 11.7 Å². The van der Waals surface area contributed by atoms with E-state index in [4.69, 9.17) is 18.9 Å². The zero-order chi connectivity index (χ0) is 39.7. The molecule has 288 valence electrons. The van der Waals surface area contributed by atoms with Crippen LogP contribution in [0.25, 0.3) is 10.8 Å². The minimum Gasteiger partial charge on any atom is -0.507 e. The third kappa shape index (κ3) is 7.54. The van der Waals surface area contributed by atoms with Crippen LogP contribution in [0.5, 0.6) is 23.0 Å². The summed E-state index contributed by atoms with van der Waals surface area (Å²) in [4.78, 5) is 39.7. The third-order valence-electron chi connectivity index (χ3n) is 10.2. The Labute approximate surface area is 306 Å². The van der Waals surface area contributed by atoms with E-state index < -0.39 is 105 Å². The Bertz CT molecular complexity index is 1900. The number of benzene rings is 2. The molecule has 2 aromatic rings. The molecule has 5 rings (SSSR count). The lowest BCUT2D eigenvalue weighted by molar-refractivity contribution is -0.160. The van der Waals surface area contributed by atoms with Gasteiger partial charge in [-0.1, -0.05) is 51.1 Å². The SMILES string of the molecule is CO[C@H]1/C=C/O[C@@]2(C)Oc3c(C)c(O)c4c(O)c(c(/C=N/O)c(O)c4c3C2=O)NC(=O)/C(C)=C/C=C/[C@H](C)[C@H](O)[C@@H](C)[C@@H](O)[C@@H](C)[C@H](OC(C)=O)[C@@H]1C. The first kappa shape index (κ1) is 40.6. The van der Waals surface area contributed by atoms with Gasteiger partial charge in [-0.25, -0.2) is 0 Å². The summed E-state index contributed by atoms with van der Waals surface area (Å²) in [6.45, 7) is 12.2. The lowest BCUT2D eigenvalue weighted by atomic mass is 9.78. The van der Waals surface area contributed by atoms with Crippen molar-refractivity contribution in [3.63, 3.8) is 0 Å². The number of phenolic OH excluding ortho intramolecular Hbond substituents is 3. The number of amides is 1. The van der Waals surface area contributed by atoms with Gasteiger partial charge in [0.05, 0.1) is 53.0 Å². The minimum atomic E-state index is -2.07. The van der Waals surface area contributed by atoms with Gasteiger partial charge in [-0.15, -0.1) is 0 Å². The van der Waals surface area contributed by atoms with Gasteiger partial charge in [-0.3, -0.25) is 14.4 Å². The Balaban J connectivity index is 1.95. The number of carbonyl (C=O) groups excluding carboxylic acids is 3. The lowest BCUT2D eigenvalue weighted by Gasteiger charge is -2.38. The normalized spacial score (nSPS) is 32.2. The second kappa shape index (κ2) is 15.9. The van der Waals surface area contributed by atoms with Gasteiger partial charge in [-0.2, -0.15) is 0 Å². The van der Waals surface area contributed by atoms with Crippen LogP contribution in [-0.2, 0) is 23.8 Å². The van der Waals surface area contributed by atoms with Crippen molar-refractivity contribution in [2.24, 2.45) is 28.8 Å². The maximum atomic E-state index is 14.1. The van der Waals surface area contributed by atoms with E-state index in [0.717, 1.165) is 12.5 Å². The van der Waals surface area contributed by atoms with Crippen molar-refractivity contribution in [2.75, 3.05) is 12.4 Å². The zero-order valence-electron chi connectivity index (χ0n) is 31.1. The van der Waals surface area contributed by atoms with E-state index >= 15 is 0 Å². The van der Waals surface area contributed by atoms with Crippen LogP contribution in [0.15, 0.2) is 41.3 Å². The maximum Gasteiger partial charge on any atom is 0.312 e. The van der Waals surface area contributed by atoms with E-state index in [1.54, 1.807) is 33.8 Å². The quantitative estimate of drug-likeness (QED) is 0.0572. The van der Waals surface area contributed by atoms with Crippen LogP contribution in [-0.4, -0.2) is 91.9 Å². The number of Topliss-reactive ketones (excluding diaryl/α,β-unsaturated/α-hetero) is 1. The molecule has 0 unspecified atom stereocenters. The molecule has 0 radical (unpaired) electrons. The van der Waals surface area contributed by atoms with Gasteiger partial charge in [0, 0.05) is 61.2 Å². The van der Waals surface area contributed by atoms with Crippen molar-refractivity contribution < 1.29 is 64.1 Å². The number of nitrogens with one attached hydrogen (secondary N) is 1. The predicted octanol–water partition coefficient (Wildman–Crippen LogP) is 4.56. The smallest absolute Gasteiger partial charge is 0.312 e. The highest BCUT2D eigenvalue weighted by Gasteiger charge is 2.50. The Morgan fingerprint density at radius 1 is 0.962 bits per heavy atom. The van der Waals surface area contributed by atoms with E-state index in [2.05, 4.69) is 10.5 Å². The summed E-state index contributed by atoms with van der Waals surface area (Å²) in [6, 6.07) is 0. The minimum absolute atomic E-state index is 0.00476. The molecule has 2 aromatic carbocycles. The lowest BCUT2D eigenvalue weighted by Crippen LogP contribution is -2.46. The first-order valence-electron chi connectivity index (χ1n) is 17.1. The fourth-order valence-electron chi connectivity index (χ4n) is 6.93. The number of carbonyl (C=O) groups is 3. The molecule has 0 saturated heterocycles. The topological polar surface area (TPSA) is 234 Å². The van der Waals surface area contributed by atoms with E-state index in [9.17, 15) is 45.1 Å². The number of rotatable bonds is 3. The molecule has 9 atom stereocenters. The molecule has 5 bridgehead atoms. The molecule has 15 nitrogen and oxygen atoms in total. The number of hydrogen-bond acceptors (Lipinski definition) is 14. The van der Waals surface area contributed by atoms with Gasteiger partial charge in [0.15, 0.2) is 5.75 Å². The molecule has 3 heterocycles. The number of aliphatic hydroxyl groups excluding tert-OH is 2. The molecule has 1 amide bonds. The molecule has 3 aliphatic heterocycles. The number of ketones is 1. The van der Waals surface area contributed by atoms with Crippen LogP contribution < -0.4 is 10.1 Å². The number of methoxy groups -OCH3 is 1. The van der Waals surface area contributed by atoms with Crippen molar-refractivity contribution in [2.45, 2.75) is 85.6 Å². The molecule has 7 N–H and O–H groups in total. The number of aromatic hydroxyl groups is 3. The summed E-state index contributed by atoms with van der Waals surface area (Å²) in [7, 11) is 1.41. The molecular formula is C38H48N2O13. The number of oxime groups is 1. The number of allylic oxidation sites excluding steroid dienone is 2. The van der Waals surface area contributed by atoms with Crippen LogP contribution in [0.1, 0.15) is 70.0 Å². The van der Waals surface area contributed by atoms with Crippen LogP contribution in [0.2, 0.25) is 0 Å². The monoisotopic (exact) mass is 740 g/mol. The van der Waals surface area contributed by atoms with Gasteiger partial charge < -0.3 is 55.0 Å². The van der Waals surface area contributed by atoms with Gasteiger partial charge in [-0.05, 0) is 19.9 Å². The first-order chi connectivity index (χ1) is 24.8. The van der Waals surface area contributed by atoms with E-state index in [0.29, 0.717) is 0 Å². The van der Waals surface area contributed by atoms with Crippen molar-refractivity contribution in [1.82, 2.24) is 0 Å². The summed E-state index contributed by atoms with van der Waals surface area (Å²) in [5.74, 6) is -9.00. The standard InChI is InChI=1S/C38H48N2O13/c1-16-11-10-12-17(2)37(48)40-28-23(15-39-49)32(45)25-26(33(28)46)31(44)21(6)35-27(25)36(47)38(8,53-35)51-14-13-24(50-9)18(3)34(52-22(7)41)20(5)30(43)19(4)29(16)42/h10-16,18-20,24,29-30,34,42-46,49H,1-9H3,(H,40,48)/b11-10+,14-13+,17-12+,39-15+/t16-,18+,19+,20+,24-,29-,30+,34+,38-/m0/s1. The number of aliphatic hydroxyl groups is 2. The largest absolute Gasteiger partial charge is 0.507 e. The fraction of sp³-hybridized carbons (Fsp3) is 0.474. The highest BCUT2D eigenvalue weighted by Crippen LogP contribution is 2.55. The summed E-state index contributed by atoms with van der Waals surface area (Å²) in [5, 5.41) is 71.2. The Morgan fingerprint density at radius 3 is 2.23 bits per heavy atom. The van der Waals surface area contributed by atoms with Crippen molar-refractivity contribution in [3.05, 3.63) is 52.8 Å². The Hall–Kier alpha value is -5.12. The van der Waals surface area contributed by atoms with Gasteiger partial charge >= 0.3 is 11.8 Å². The van der Waals surface area contributed by atoms with Crippen molar-refractivity contribution in [1.29, 1.82) is 0 Å². The van der Waals surface area contributed by atoms with Crippen LogP contribution in [0.3, 0.4) is 0 Å². The van der Waals surface area contributed by atoms with E-state index in [-0.39, 0.29) is 27.8 Å². The summed E-state index contributed by atoms with van der Waals surface area (Å²) < 4.78 is 23.2. The van der Waals surface area contributed by atoms with Crippen molar-refractivity contribution >= 4 is 40.3 Å². The molecule has 0 spiro atoms. The molecule has 0 fully saturated rings. The highest BCUT2D eigenvalue weighted by molar-refractivity contribution is 6.23. The second-order valence-corrected chi connectivity index (χ2v) is 13.9. The number of ether oxygens (including phenoxy) is 4. The predicted molar refractivity (Wildman–Crippen MR) is 193 cm³/mol. The number of esters is 1. The number of anilines is 1. The Morgan fingerprint density at radius 2 is 1.62 bits per heavy atom. The summed E-state index contributed by atoms with van der Waals surface area (Å²) >= 11 is 0. The zero-order valence-corrected chi connectivity index (χ0v) is 31.1. The van der Waals surface area contributed by atoms with Gasteiger partial charge in [0.1, 0.15) is 23.4 Å². The number of nitrogens with zero attached hydrogens (tertiary/aromatic N) is 1.